The molecule has 152 valence electrons. The summed E-state index contributed by atoms with van der Waals surface area (Å²) in [6.45, 7) is 0.406. The monoisotopic (exact) mass is 423 g/mol. The number of carbonyl (C=O) groups is 1. The van der Waals surface area contributed by atoms with Crippen LogP contribution in [0.3, 0.4) is 0 Å². The predicted octanol–water partition coefficient (Wildman–Crippen LogP) is 4.52. The molecule has 0 aliphatic carbocycles. The van der Waals surface area contributed by atoms with Crippen molar-refractivity contribution < 1.29 is 14.5 Å². The van der Waals surface area contributed by atoms with Crippen LogP contribution < -0.4 is 10.2 Å². The number of rotatable bonds is 8. The first kappa shape index (κ1) is 21.0. The first-order valence-corrected chi connectivity index (χ1v) is 9.40. The van der Waals surface area contributed by atoms with Gasteiger partial charge in [0.25, 0.3) is 5.69 Å². The van der Waals surface area contributed by atoms with Crippen molar-refractivity contribution in [3.05, 3.63) is 105 Å². The molecular weight excluding hydrogens is 406 g/mol. The number of nitrogens with zero attached hydrogens (tertiary/aromatic N) is 2. The second-order valence-corrected chi connectivity index (χ2v) is 6.82. The van der Waals surface area contributed by atoms with Crippen LogP contribution in [0.25, 0.3) is 0 Å². The van der Waals surface area contributed by atoms with Crippen LogP contribution in [0.1, 0.15) is 16.7 Å². The van der Waals surface area contributed by atoms with Crippen LogP contribution in [0.2, 0.25) is 5.02 Å². The molecule has 7 nitrogen and oxygen atoms in total. The largest absolute Gasteiger partial charge is 0.489 e. The lowest BCUT2D eigenvalue weighted by molar-refractivity contribution is -0.384. The van der Waals surface area contributed by atoms with Gasteiger partial charge in [-0.2, -0.15) is 5.10 Å². The van der Waals surface area contributed by atoms with Crippen molar-refractivity contribution in [2.45, 2.75) is 13.0 Å². The van der Waals surface area contributed by atoms with Gasteiger partial charge in [-0.3, -0.25) is 14.9 Å². The number of nitrogens with one attached hydrogen (secondary N) is 1. The smallest absolute Gasteiger partial charge is 0.269 e. The lowest BCUT2D eigenvalue weighted by Crippen LogP contribution is -2.19. The number of nitro groups is 1. The van der Waals surface area contributed by atoms with Crippen LogP contribution >= 0.6 is 11.6 Å². The van der Waals surface area contributed by atoms with Gasteiger partial charge in [0, 0.05) is 17.2 Å². The summed E-state index contributed by atoms with van der Waals surface area (Å²) in [4.78, 5) is 22.1. The van der Waals surface area contributed by atoms with Crippen LogP contribution in [0.5, 0.6) is 5.75 Å². The number of non-ortho nitro benzene ring substituents is 1. The quantitative estimate of drug-likeness (QED) is 0.327. The third-order valence-electron chi connectivity index (χ3n) is 4.09. The molecule has 0 spiro atoms. The van der Waals surface area contributed by atoms with Crippen LogP contribution in [0.15, 0.2) is 77.9 Å². The summed E-state index contributed by atoms with van der Waals surface area (Å²) in [7, 11) is 0. The second kappa shape index (κ2) is 10.2. The van der Waals surface area contributed by atoms with E-state index in [0.717, 1.165) is 11.1 Å². The number of hydrogen-bond donors (Lipinski definition) is 1. The molecule has 3 rings (SSSR count). The molecule has 0 aromatic heterocycles. The SMILES string of the molecule is O=C(Cc1ccc([N+](=O)[O-])cc1)N/N=C\c1cccc(OCc2ccc(Cl)cc2)c1. The summed E-state index contributed by atoms with van der Waals surface area (Å²) in [5, 5.41) is 15.3. The third-order valence-corrected chi connectivity index (χ3v) is 4.34. The molecule has 0 saturated carbocycles. The van der Waals surface area contributed by atoms with E-state index in [0.29, 0.717) is 22.9 Å². The van der Waals surface area contributed by atoms with Crippen molar-refractivity contribution in [1.29, 1.82) is 0 Å². The van der Waals surface area contributed by atoms with Crippen molar-refractivity contribution in [1.82, 2.24) is 5.43 Å². The lowest BCUT2D eigenvalue weighted by atomic mass is 10.1. The van der Waals surface area contributed by atoms with Gasteiger partial charge in [-0.05, 0) is 41.0 Å². The van der Waals surface area contributed by atoms with E-state index >= 15 is 0 Å². The molecule has 0 aliphatic rings. The maximum atomic E-state index is 12.0. The molecule has 0 radical (unpaired) electrons. The van der Waals surface area contributed by atoms with E-state index in [2.05, 4.69) is 10.5 Å². The van der Waals surface area contributed by atoms with Crippen LogP contribution in [-0.2, 0) is 17.8 Å². The van der Waals surface area contributed by atoms with Crippen molar-refractivity contribution in [3.63, 3.8) is 0 Å². The molecule has 0 aliphatic heterocycles. The van der Waals surface area contributed by atoms with Crippen molar-refractivity contribution in [3.8, 4) is 5.75 Å². The van der Waals surface area contributed by atoms with Crippen LogP contribution in [0, 0.1) is 10.1 Å². The molecule has 1 amide bonds. The number of carbonyl (C=O) groups excluding carboxylic acids is 1. The molecule has 0 atom stereocenters. The summed E-state index contributed by atoms with van der Waals surface area (Å²) >= 11 is 5.87. The normalized spacial score (nSPS) is 10.7. The number of ether oxygens (including phenoxy) is 1. The lowest BCUT2D eigenvalue weighted by Gasteiger charge is -2.07. The Morgan fingerprint density at radius 3 is 2.47 bits per heavy atom. The molecule has 30 heavy (non-hydrogen) atoms. The molecule has 1 N–H and O–H groups in total. The van der Waals surface area contributed by atoms with Gasteiger partial charge in [-0.25, -0.2) is 5.43 Å². The van der Waals surface area contributed by atoms with Gasteiger partial charge in [0.05, 0.1) is 17.6 Å². The maximum Gasteiger partial charge on any atom is 0.269 e. The van der Waals surface area contributed by atoms with Crippen molar-refractivity contribution in [2.24, 2.45) is 5.10 Å². The van der Waals surface area contributed by atoms with E-state index in [9.17, 15) is 14.9 Å². The summed E-state index contributed by atoms with van der Waals surface area (Å²) < 4.78 is 5.77. The Balaban J connectivity index is 1.50. The Hall–Kier alpha value is -3.71. The molecule has 3 aromatic rings. The fourth-order valence-corrected chi connectivity index (χ4v) is 2.70. The highest BCUT2D eigenvalue weighted by atomic mass is 35.5. The Bertz CT molecular complexity index is 1050. The molecular formula is C22H18ClN3O4. The van der Waals surface area contributed by atoms with Gasteiger partial charge in [0.15, 0.2) is 0 Å². The zero-order chi connectivity index (χ0) is 21.3. The molecule has 0 bridgehead atoms. The fraction of sp³-hybridized carbons (Fsp3) is 0.0909. The molecule has 0 fully saturated rings. The summed E-state index contributed by atoms with van der Waals surface area (Å²) in [6.07, 6.45) is 1.59. The van der Waals surface area contributed by atoms with E-state index in [4.69, 9.17) is 16.3 Å². The average molecular weight is 424 g/mol. The summed E-state index contributed by atoms with van der Waals surface area (Å²) in [5.41, 5.74) is 4.84. The van der Waals surface area contributed by atoms with Gasteiger partial charge >= 0.3 is 0 Å². The number of halogens is 1. The number of hydrogen-bond acceptors (Lipinski definition) is 5. The Labute approximate surface area is 178 Å². The Morgan fingerprint density at radius 2 is 1.77 bits per heavy atom. The van der Waals surface area contributed by atoms with Gasteiger partial charge in [0.2, 0.25) is 5.91 Å². The average Bonchev–Trinajstić information content (AvgIpc) is 2.74. The molecule has 3 aromatic carbocycles. The van der Waals surface area contributed by atoms with Crippen LogP contribution in [-0.4, -0.2) is 17.0 Å². The molecule has 8 heteroatoms. The Kier molecular flexibility index (Phi) is 7.13. The second-order valence-electron chi connectivity index (χ2n) is 6.38. The minimum atomic E-state index is -0.485. The molecule has 0 saturated heterocycles. The first-order chi connectivity index (χ1) is 14.5. The number of hydrazone groups is 1. The minimum absolute atomic E-state index is 0.0182. The van der Waals surface area contributed by atoms with E-state index in [1.54, 1.807) is 12.1 Å². The standard InChI is InChI=1S/C22H18ClN3O4/c23-19-8-4-17(5-9-19)15-30-21-3-1-2-18(12-21)14-24-25-22(27)13-16-6-10-20(11-7-16)26(28)29/h1-12,14H,13,15H2,(H,25,27)/b24-14-. The summed E-state index contributed by atoms with van der Waals surface area (Å²) in [5.74, 6) is 0.348. The molecule has 0 heterocycles. The van der Waals surface area contributed by atoms with E-state index < -0.39 is 4.92 Å². The highest BCUT2D eigenvalue weighted by molar-refractivity contribution is 6.30. The Morgan fingerprint density at radius 1 is 1.07 bits per heavy atom. The van der Waals surface area contributed by atoms with E-state index in [1.165, 1.54) is 18.3 Å². The van der Waals surface area contributed by atoms with E-state index in [1.807, 2.05) is 48.5 Å². The van der Waals surface area contributed by atoms with Gasteiger partial charge in [0.1, 0.15) is 12.4 Å². The molecule has 0 unspecified atom stereocenters. The minimum Gasteiger partial charge on any atom is -0.489 e. The predicted molar refractivity (Wildman–Crippen MR) is 115 cm³/mol. The topological polar surface area (TPSA) is 93.8 Å². The van der Waals surface area contributed by atoms with E-state index in [-0.39, 0.29) is 18.0 Å². The maximum absolute atomic E-state index is 12.0. The zero-order valence-electron chi connectivity index (χ0n) is 15.8. The van der Waals surface area contributed by atoms with Crippen molar-refractivity contribution >= 4 is 29.4 Å². The first-order valence-electron chi connectivity index (χ1n) is 9.02. The number of benzene rings is 3. The van der Waals surface area contributed by atoms with Gasteiger partial charge < -0.3 is 4.74 Å². The zero-order valence-corrected chi connectivity index (χ0v) is 16.6. The van der Waals surface area contributed by atoms with Crippen molar-refractivity contribution in [2.75, 3.05) is 0 Å². The third kappa shape index (κ3) is 6.42. The number of nitro benzene ring substituents is 1. The van der Waals surface area contributed by atoms with Gasteiger partial charge in [-0.15, -0.1) is 0 Å². The van der Waals surface area contributed by atoms with Crippen LogP contribution in [0.4, 0.5) is 5.69 Å². The highest BCUT2D eigenvalue weighted by Gasteiger charge is 2.06. The summed E-state index contributed by atoms with van der Waals surface area (Å²) in [6, 6.07) is 20.5. The fourth-order valence-electron chi connectivity index (χ4n) is 2.57. The number of amides is 1. The highest BCUT2D eigenvalue weighted by Crippen LogP contribution is 2.16. The van der Waals surface area contributed by atoms with Gasteiger partial charge in [-0.1, -0.05) is 48.0 Å².